The van der Waals surface area contributed by atoms with E-state index in [0.717, 1.165) is 13.0 Å². The van der Waals surface area contributed by atoms with E-state index in [1.807, 2.05) is 17.9 Å². The summed E-state index contributed by atoms with van der Waals surface area (Å²) in [6.07, 6.45) is 4.20. The maximum Gasteiger partial charge on any atom is 0.0748 e. The Hall–Kier alpha value is -1.61. The van der Waals surface area contributed by atoms with Crippen LogP contribution in [0.1, 0.15) is 43.1 Å². The Morgan fingerprint density at radius 1 is 1.16 bits per heavy atom. The molecule has 0 fully saturated rings. The van der Waals surface area contributed by atoms with Gasteiger partial charge in [-0.05, 0) is 30.2 Å². The van der Waals surface area contributed by atoms with Crippen LogP contribution in [0.4, 0.5) is 0 Å². The second-order valence-electron chi connectivity index (χ2n) is 4.86. The molecule has 1 aromatic heterocycles. The number of nitrogens with zero attached hydrogens (tertiary/aromatic N) is 2. The third-order valence-corrected chi connectivity index (χ3v) is 3.41. The number of aromatic nitrogens is 2. The van der Waals surface area contributed by atoms with Gasteiger partial charge in [0.1, 0.15) is 0 Å². The molecule has 3 heteroatoms. The van der Waals surface area contributed by atoms with Crippen LogP contribution in [-0.2, 0) is 13.5 Å². The lowest BCUT2D eigenvalue weighted by Crippen LogP contribution is -2.24. The summed E-state index contributed by atoms with van der Waals surface area (Å²) >= 11 is 0. The van der Waals surface area contributed by atoms with E-state index in [2.05, 4.69) is 54.6 Å². The SMILES string of the molecule is CCCc1ccc(C(NCC)c2ccnn2C)cc1. The molecular formula is C16H23N3. The van der Waals surface area contributed by atoms with Gasteiger partial charge in [-0.1, -0.05) is 44.5 Å². The number of nitrogens with one attached hydrogen (secondary N) is 1. The van der Waals surface area contributed by atoms with Crippen molar-refractivity contribution in [3.8, 4) is 0 Å². The van der Waals surface area contributed by atoms with Gasteiger partial charge in [-0.2, -0.15) is 5.10 Å². The van der Waals surface area contributed by atoms with Gasteiger partial charge < -0.3 is 5.32 Å². The Morgan fingerprint density at radius 3 is 2.42 bits per heavy atom. The number of rotatable bonds is 6. The summed E-state index contributed by atoms with van der Waals surface area (Å²) in [6, 6.07) is 11.2. The van der Waals surface area contributed by atoms with Crippen LogP contribution in [-0.4, -0.2) is 16.3 Å². The summed E-state index contributed by atoms with van der Waals surface area (Å²) in [4.78, 5) is 0. The molecule has 1 unspecified atom stereocenters. The van der Waals surface area contributed by atoms with Gasteiger partial charge in [0.15, 0.2) is 0 Å². The van der Waals surface area contributed by atoms with Crippen molar-refractivity contribution in [2.45, 2.75) is 32.7 Å². The molecule has 1 heterocycles. The maximum absolute atomic E-state index is 4.27. The van der Waals surface area contributed by atoms with Crippen LogP contribution in [0.3, 0.4) is 0 Å². The largest absolute Gasteiger partial charge is 0.305 e. The monoisotopic (exact) mass is 257 g/mol. The maximum atomic E-state index is 4.27. The summed E-state index contributed by atoms with van der Waals surface area (Å²) in [5.74, 6) is 0. The Bertz CT molecular complexity index is 499. The molecule has 0 aliphatic carbocycles. The van der Waals surface area contributed by atoms with Crippen LogP contribution in [0.5, 0.6) is 0 Å². The predicted octanol–water partition coefficient (Wildman–Crippen LogP) is 3.07. The van der Waals surface area contributed by atoms with Crippen molar-refractivity contribution in [1.82, 2.24) is 15.1 Å². The van der Waals surface area contributed by atoms with Crippen molar-refractivity contribution < 1.29 is 0 Å². The van der Waals surface area contributed by atoms with Gasteiger partial charge in [0.25, 0.3) is 0 Å². The van der Waals surface area contributed by atoms with Crippen LogP contribution < -0.4 is 5.32 Å². The molecular weight excluding hydrogens is 234 g/mol. The highest BCUT2D eigenvalue weighted by Crippen LogP contribution is 2.22. The first-order valence-corrected chi connectivity index (χ1v) is 7.06. The molecule has 0 radical (unpaired) electrons. The second-order valence-corrected chi connectivity index (χ2v) is 4.86. The summed E-state index contributed by atoms with van der Waals surface area (Å²) in [5, 5.41) is 7.80. The fraction of sp³-hybridized carbons (Fsp3) is 0.438. The molecule has 0 aliphatic heterocycles. The van der Waals surface area contributed by atoms with E-state index in [-0.39, 0.29) is 6.04 Å². The zero-order valence-corrected chi connectivity index (χ0v) is 12.1. The second kappa shape index (κ2) is 6.53. The molecule has 0 saturated carbocycles. The van der Waals surface area contributed by atoms with Gasteiger partial charge in [0.2, 0.25) is 0 Å². The van der Waals surface area contributed by atoms with Crippen molar-refractivity contribution in [3.63, 3.8) is 0 Å². The van der Waals surface area contributed by atoms with Crippen molar-refractivity contribution >= 4 is 0 Å². The third-order valence-electron chi connectivity index (χ3n) is 3.41. The minimum absolute atomic E-state index is 0.216. The van der Waals surface area contributed by atoms with E-state index < -0.39 is 0 Å². The van der Waals surface area contributed by atoms with Crippen molar-refractivity contribution in [2.75, 3.05) is 6.54 Å². The van der Waals surface area contributed by atoms with Crippen molar-refractivity contribution in [3.05, 3.63) is 53.3 Å². The number of benzene rings is 1. The Labute approximate surface area is 115 Å². The molecule has 0 amide bonds. The molecule has 0 aliphatic rings. The standard InChI is InChI=1S/C16H23N3/c1-4-6-13-7-9-14(10-8-13)16(17-5-2)15-11-12-18-19(15)3/h7-12,16-17H,4-6H2,1-3H3. The highest BCUT2D eigenvalue weighted by molar-refractivity contribution is 5.30. The molecule has 0 spiro atoms. The van der Waals surface area contributed by atoms with E-state index in [1.54, 1.807) is 0 Å². The lowest BCUT2D eigenvalue weighted by Gasteiger charge is -2.19. The molecule has 102 valence electrons. The van der Waals surface area contributed by atoms with Gasteiger partial charge in [0.05, 0.1) is 11.7 Å². The van der Waals surface area contributed by atoms with E-state index in [1.165, 1.54) is 23.2 Å². The van der Waals surface area contributed by atoms with Crippen LogP contribution in [0.2, 0.25) is 0 Å². The number of hydrogen-bond donors (Lipinski definition) is 1. The molecule has 0 saturated heterocycles. The van der Waals surface area contributed by atoms with Crippen molar-refractivity contribution in [1.29, 1.82) is 0 Å². The van der Waals surface area contributed by atoms with Crippen LogP contribution in [0.25, 0.3) is 0 Å². The number of hydrogen-bond acceptors (Lipinski definition) is 2. The first-order valence-electron chi connectivity index (χ1n) is 7.06. The van der Waals surface area contributed by atoms with Crippen LogP contribution >= 0.6 is 0 Å². The molecule has 3 nitrogen and oxygen atoms in total. The van der Waals surface area contributed by atoms with E-state index >= 15 is 0 Å². The van der Waals surface area contributed by atoms with Crippen LogP contribution in [0.15, 0.2) is 36.5 Å². The van der Waals surface area contributed by atoms with Gasteiger partial charge in [0, 0.05) is 13.2 Å². The number of aryl methyl sites for hydroxylation is 2. The van der Waals surface area contributed by atoms with Gasteiger partial charge in [-0.25, -0.2) is 0 Å². The van der Waals surface area contributed by atoms with E-state index in [0.29, 0.717) is 0 Å². The van der Waals surface area contributed by atoms with Crippen molar-refractivity contribution in [2.24, 2.45) is 7.05 Å². The smallest absolute Gasteiger partial charge is 0.0748 e. The molecule has 2 rings (SSSR count). The fourth-order valence-electron chi connectivity index (χ4n) is 2.43. The summed E-state index contributed by atoms with van der Waals surface area (Å²) < 4.78 is 1.94. The topological polar surface area (TPSA) is 29.9 Å². The highest BCUT2D eigenvalue weighted by atomic mass is 15.3. The van der Waals surface area contributed by atoms with Gasteiger partial charge >= 0.3 is 0 Å². The average Bonchev–Trinajstić information content (AvgIpc) is 2.84. The Kier molecular flexibility index (Phi) is 4.74. The predicted molar refractivity (Wildman–Crippen MR) is 79.2 cm³/mol. The Balaban J connectivity index is 2.26. The highest BCUT2D eigenvalue weighted by Gasteiger charge is 2.15. The minimum Gasteiger partial charge on any atom is -0.305 e. The lowest BCUT2D eigenvalue weighted by molar-refractivity contribution is 0.572. The third kappa shape index (κ3) is 3.24. The fourth-order valence-corrected chi connectivity index (χ4v) is 2.43. The zero-order chi connectivity index (χ0) is 13.7. The molecule has 1 aromatic carbocycles. The minimum atomic E-state index is 0.216. The first-order chi connectivity index (χ1) is 9.26. The lowest BCUT2D eigenvalue weighted by atomic mass is 10.0. The molecule has 2 aromatic rings. The van der Waals surface area contributed by atoms with E-state index in [4.69, 9.17) is 0 Å². The molecule has 19 heavy (non-hydrogen) atoms. The Morgan fingerprint density at radius 2 is 1.89 bits per heavy atom. The van der Waals surface area contributed by atoms with E-state index in [9.17, 15) is 0 Å². The molecule has 0 bridgehead atoms. The normalized spacial score (nSPS) is 12.6. The van der Waals surface area contributed by atoms with Crippen LogP contribution in [0, 0.1) is 0 Å². The summed E-state index contributed by atoms with van der Waals surface area (Å²) in [7, 11) is 1.99. The average molecular weight is 257 g/mol. The van der Waals surface area contributed by atoms with Gasteiger partial charge in [-0.15, -0.1) is 0 Å². The van der Waals surface area contributed by atoms with Gasteiger partial charge in [-0.3, -0.25) is 4.68 Å². The molecule has 1 atom stereocenters. The quantitative estimate of drug-likeness (QED) is 0.862. The molecule has 1 N–H and O–H groups in total. The zero-order valence-electron chi connectivity index (χ0n) is 12.1. The first kappa shape index (κ1) is 13.8. The summed E-state index contributed by atoms with van der Waals surface area (Å²) in [5.41, 5.74) is 3.90. The summed E-state index contributed by atoms with van der Waals surface area (Å²) in [6.45, 7) is 5.28.